The maximum Gasteiger partial charge on any atom is 0.316 e. The molecule has 162 valence electrons. The maximum absolute atomic E-state index is 12.3. The molecule has 0 fully saturated rings. The summed E-state index contributed by atoms with van der Waals surface area (Å²) in [6.45, 7) is 0.229. The molecule has 1 heterocycles. The second-order valence-electron chi connectivity index (χ2n) is 6.76. The molecule has 3 aromatic carbocycles. The van der Waals surface area contributed by atoms with Gasteiger partial charge in [-0.05, 0) is 29.8 Å². The van der Waals surface area contributed by atoms with Crippen LogP contribution in [-0.4, -0.2) is 33.6 Å². The van der Waals surface area contributed by atoms with Crippen LogP contribution < -0.4 is 4.74 Å². The normalized spacial score (nSPS) is 10.7. The molecule has 0 saturated heterocycles. The van der Waals surface area contributed by atoms with Gasteiger partial charge in [-0.1, -0.05) is 78.0 Å². The van der Waals surface area contributed by atoms with Crippen LogP contribution in [0.1, 0.15) is 5.56 Å². The molecule has 0 aliphatic rings. The molecule has 0 spiro atoms. The third-order valence-corrected chi connectivity index (χ3v) is 5.74. The minimum atomic E-state index is -0.335. The summed E-state index contributed by atoms with van der Waals surface area (Å²) in [4.78, 5) is 12.3. The fourth-order valence-electron chi connectivity index (χ4n) is 3.11. The lowest BCUT2D eigenvalue weighted by Gasteiger charge is -2.14. The van der Waals surface area contributed by atoms with Gasteiger partial charge in [-0.25, -0.2) is 0 Å². The summed E-state index contributed by atoms with van der Waals surface area (Å²) in [5, 5.41) is 9.85. The molecule has 0 aliphatic heterocycles. The number of carbonyl (C=O) groups excluding carboxylic acids is 1. The lowest BCUT2D eigenvalue weighted by atomic mass is 10.2. The molecule has 8 heteroatoms. The van der Waals surface area contributed by atoms with E-state index in [4.69, 9.17) is 21.1 Å². The molecule has 0 radical (unpaired) electrons. The fraction of sp³-hybridized carbons (Fsp3) is 0.125. The monoisotopic (exact) mass is 465 g/mol. The van der Waals surface area contributed by atoms with Gasteiger partial charge >= 0.3 is 5.97 Å². The average molecular weight is 466 g/mol. The Morgan fingerprint density at radius 1 is 1.00 bits per heavy atom. The zero-order valence-corrected chi connectivity index (χ0v) is 18.8. The van der Waals surface area contributed by atoms with Crippen molar-refractivity contribution in [1.82, 2.24) is 14.8 Å². The molecule has 4 aromatic rings. The molecular formula is C24H20ClN3O3S. The van der Waals surface area contributed by atoms with Crippen molar-refractivity contribution < 1.29 is 14.3 Å². The Morgan fingerprint density at radius 2 is 1.78 bits per heavy atom. The van der Waals surface area contributed by atoms with Crippen molar-refractivity contribution in [2.75, 3.05) is 12.9 Å². The Hall–Kier alpha value is -3.29. The van der Waals surface area contributed by atoms with E-state index in [-0.39, 0.29) is 18.3 Å². The van der Waals surface area contributed by atoms with Crippen LogP contribution in [-0.2, 0) is 16.1 Å². The highest BCUT2D eigenvalue weighted by Gasteiger charge is 2.20. The van der Waals surface area contributed by atoms with Crippen molar-refractivity contribution in [1.29, 1.82) is 0 Å². The number of methoxy groups -OCH3 is 1. The maximum atomic E-state index is 12.3. The van der Waals surface area contributed by atoms with Crippen molar-refractivity contribution in [3.05, 3.63) is 89.4 Å². The van der Waals surface area contributed by atoms with Crippen LogP contribution in [0.3, 0.4) is 0 Å². The molecule has 32 heavy (non-hydrogen) atoms. The summed E-state index contributed by atoms with van der Waals surface area (Å²) < 4.78 is 12.8. The Bertz CT molecular complexity index is 1210. The molecule has 0 aliphatic carbocycles. The Labute approximate surface area is 195 Å². The van der Waals surface area contributed by atoms with Gasteiger partial charge in [-0.2, -0.15) is 0 Å². The van der Waals surface area contributed by atoms with Gasteiger partial charge < -0.3 is 9.47 Å². The summed E-state index contributed by atoms with van der Waals surface area (Å²) in [6, 6.07) is 24.5. The third-order valence-electron chi connectivity index (χ3n) is 4.60. The largest absolute Gasteiger partial charge is 0.495 e. The highest BCUT2D eigenvalue weighted by atomic mass is 35.5. The Morgan fingerprint density at radius 3 is 2.56 bits per heavy atom. The van der Waals surface area contributed by atoms with E-state index in [1.807, 2.05) is 77.4 Å². The first-order valence-electron chi connectivity index (χ1n) is 9.83. The van der Waals surface area contributed by atoms with Crippen LogP contribution >= 0.6 is 23.4 Å². The fourth-order valence-corrected chi connectivity index (χ4v) is 4.05. The molecule has 0 bridgehead atoms. The number of ether oxygens (including phenoxy) is 2. The van der Waals surface area contributed by atoms with Crippen LogP contribution in [0.4, 0.5) is 0 Å². The minimum Gasteiger partial charge on any atom is -0.495 e. The SMILES string of the molecule is COc1ccccc1-n1c(SCC(=O)OCc2ccccc2)nnc1-c1cccc(Cl)c1. The van der Waals surface area contributed by atoms with Crippen LogP contribution in [0.5, 0.6) is 5.75 Å². The van der Waals surface area contributed by atoms with Gasteiger partial charge in [0.25, 0.3) is 0 Å². The second-order valence-corrected chi connectivity index (χ2v) is 8.14. The van der Waals surface area contributed by atoms with Crippen molar-refractivity contribution >= 4 is 29.3 Å². The smallest absolute Gasteiger partial charge is 0.316 e. The lowest BCUT2D eigenvalue weighted by molar-refractivity contribution is -0.141. The zero-order valence-electron chi connectivity index (χ0n) is 17.3. The summed E-state index contributed by atoms with van der Waals surface area (Å²) in [5.74, 6) is 1.01. The first-order valence-corrected chi connectivity index (χ1v) is 11.2. The Balaban J connectivity index is 1.60. The topological polar surface area (TPSA) is 66.2 Å². The first kappa shape index (κ1) is 21.9. The minimum absolute atomic E-state index is 0.0929. The number of nitrogens with zero attached hydrogens (tertiary/aromatic N) is 3. The van der Waals surface area contributed by atoms with Crippen molar-refractivity contribution in [2.24, 2.45) is 0 Å². The highest BCUT2D eigenvalue weighted by Crippen LogP contribution is 2.33. The highest BCUT2D eigenvalue weighted by molar-refractivity contribution is 7.99. The molecule has 0 unspecified atom stereocenters. The van der Waals surface area contributed by atoms with Crippen LogP contribution in [0.15, 0.2) is 84.0 Å². The molecule has 0 amide bonds. The number of hydrogen-bond donors (Lipinski definition) is 0. The van der Waals surface area contributed by atoms with Gasteiger partial charge in [0.1, 0.15) is 12.4 Å². The van der Waals surface area contributed by atoms with E-state index in [0.717, 1.165) is 16.8 Å². The van der Waals surface area contributed by atoms with E-state index in [9.17, 15) is 4.79 Å². The number of hydrogen-bond acceptors (Lipinski definition) is 6. The Kier molecular flexibility index (Phi) is 7.09. The number of rotatable bonds is 8. The zero-order chi connectivity index (χ0) is 22.3. The van der Waals surface area contributed by atoms with Gasteiger partial charge in [0.15, 0.2) is 11.0 Å². The van der Waals surface area contributed by atoms with Gasteiger partial charge in [-0.3, -0.25) is 9.36 Å². The van der Waals surface area contributed by atoms with Gasteiger partial charge in [0.2, 0.25) is 0 Å². The molecule has 6 nitrogen and oxygen atoms in total. The average Bonchev–Trinajstić information content (AvgIpc) is 3.26. The quantitative estimate of drug-likeness (QED) is 0.255. The third kappa shape index (κ3) is 5.12. The van der Waals surface area contributed by atoms with Crippen molar-refractivity contribution in [2.45, 2.75) is 11.8 Å². The number of esters is 1. The standard InChI is InChI=1S/C24H20ClN3O3S/c1-30-21-13-6-5-12-20(21)28-23(18-10-7-11-19(25)14-18)26-27-24(28)32-16-22(29)31-15-17-8-3-2-4-9-17/h2-14H,15-16H2,1H3. The summed E-state index contributed by atoms with van der Waals surface area (Å²) in [5.41, 5.74) is 2.50. The number of para-hydroxylation sites is 2. The molecule has 4 rings (SSSR count). The number of halogens is 1. The molecule has 0 N–H and O–H groups in total. The van der Waals surface area contributed by atoms with E-state index in [1.165, 1.54) is 11.8 Å². The van der Waals surface area contributed by atoms with Crippen LogP contribution in [0, 0.1) is 0 Å². The summed E-state index contributed by atoms with van der Waals surface area (Å²) in [6.07, 6.45) is 0. The van der Waals surface area contributed by atoms with Crippen molar-refractivity contribution in [3.8, 4) is 22.8 Å². The lowest BCUT2D eigenvalue weighted by Crippen LogP contribution is -2.09. The predicted octanol–water partition coefficient (Wildman–Crippen LogP) is 5.43. The van der Waals surface area contributed by atoms with Crippen molar-refractivity contribution in [3.63, 3.8) is 0 Å². The number of benzene rings is 3. The molecule has 1 aromatic heterocycles. The van der Waals surface area contributed by atoms with E-state index < -0.39 is 0 Å². The predicted molar refractivity (Wildman–Crippen MR) is 125 cm³/mol. The summed E-state index contributed by atoms with van der Waals surface area (Å²) in [7, 11) is 1.61. The number of aromatic nitrogens is 3. The van der Waals surface area contributed by atoms with Gasteiger partial charge in [0.05, 0.1) is 18.6 Å². The molecular weight excluding hydrogens is 446 g/mol. The number of carbonyl (C=O) groups is 1. The number of thioether (sulfide) groups is 1. The van der Waals surface area contributed by atoms with E-state index >= 15 is 0 Å². The van der Waals surface area contributed by atoms with E-state index in [0.29, 0.717) is 21.8 Å². The molecule has 0 saturated carbocycles. The van der Waals surface area contributed by atoms with Crippen LogP contribution in [0.2, 0.25) is 5.02 Å². The first-order chi connectivity index (χ1) is 15.7. The molecule has 0 atom stereocenters. The van der Waals surface area contributed by atoms with Crippen LogP contribution in [0.25, 0.3) is 17.1 Å². The second kappa shape index (κ2) is 10.3. The van der Waals surface area contributed by atoms with E-state index in [1.54, 1.807) is 13.2 Å². The van der Waals surface area contributed by atoms with Gasteiger partial charge in [0, 0.05) is 10.6 Å². The summed E-state index contributed by atoms with van der Waals surface area (Å²) >= 11 is 7.45. The van der Waals surface area contributed by atoms with Gasteiger partial charge in [-0.15, -0.1) is 10.2 Å². The van der Waals surface area contributed by atoms with E-state index in [2.05, 4.69) is 10.2 Å².